The van der Waals surface area contributed by atoms with Crippen molar-refractivity contribution in [2.75, 3.05) is 20.3 Å². The SMILES string of the molecule is COc1cc(C=C2SC(=S)N(CCCC(=O)[O-])C2=O)ccc1OCCC(C)C. The summed E-state index contributed by atoms with van der Waals surface area (Å²) in [5.41, 5.74) is 0.795. The van der Waals surface area contributed by atoms with Gasteiger partial charge >= 0.3 is 0 Å². The number of carbonyl (C=O) groups is 2. The first-order chi connectivity index (χ1) is 13.3. The molecule has 6 nitrogen and oxygen atoms in total. The summed E-state index contributed by atoms with van der Waals surface area (Å²) in [6.07, 6.45) is 2.90. The van der Waals surface area contributed by atoms with E-state index in [9.17, 15) is 14.7 Å². The molecule has 1 aromatic carbocycles. The van der Waals surface area contributed by atoms with Crippen molar-refractivity contribution in [3.05, 3.63) is 28.7 Å². The van der Waals surface area contributed by atoms with E-state index >= 15 is 0 Å². The molecule has 28 heavy (non-hydrogen) atoms. The van der Waals surface area contributed by atoms with Crippen LogP contribution in [0.2, 0.25) is 0 Å². The van der Waals surface area contributed by atoms with Gasteiger partial charge in [-0.2, -0.15) is 0 Å². The molecule has 152 valence electrons. The smallest absolute Gasteiger partial charge is 0.266 e. The minimum absolute atomic E-state index is 0.106. The van der Waals surface area contributed by atoms with Gasteiger partial charge < -0.3 is 19.4 Å². The first kappa shape index (κ1) is 22.2. The normalized spacial score (nSPS) is 15.6. The molecule has 8 heteroatoms. The molecular weight excluding hydrogens is 398 g/mol. The van der Waals surface area contributed by atoms with Crippen LogP contribution in [0.4, 0.5) is 0 Å². The molecule has 1 aliphatic heterocycles. The summed E-state index contributed by atoms with van der Waals surface area (Å²) in [6.45, 7) is 5.15. The molecule has 0 spiro atoms. The fourth-order valence-corrected chi connectivity index (χ4v) is 3.83. The Bertz CT molecular complexity index is 776. The highest BCUT2D eigenvalue weighted by atomic mass is 32.2. The van der Waals surface area contributed by atoms with E-state index in [0.717, 1.165) is 12.0 Å². The van der Waals surface area contributed by atoms with Crippen molar-refractivity contribution in [3.63, 3.8) is 0 Å². The molecule has 0 saturated carbocycles. The van der Waals surface area contributed by atoms with Crippen molar-refractivity contribution >= 4 is 46.3 Å². The Labute approximate surface area is 174 Å². The van der Waals surface area contributed by atoms with E-state index in [0.29, 0.717) is 39.7 Å². The molecule has 2 rings (SSSR count). The Morgan fingerprint density at radius 3 is 2.75 bits per heavy atom. The van der Waals surface area contributed by atoms with Crippen molar-refractivity contribution in [2.24, 2.45) is 5.92 Å². The lowest BCUT2D eigenvalue weighted by Gasteiger charge is -2.14. The number of hydrogen-bond acceptors (Lipinski definition) is 7. The molecule has 0 bridgehead atoms. The maximum atomic E-state index is 12.6. The molecule has 1 aromatic rings. The lowest BCUT2D eigenvalue weighted by molar-refractivity contribution is -0.305. The summed E-state index contributed by atoms with van der Waals surface area (Å²) in [4.78, 5) is 25.0. The van der Waals surface area contributed by atoms with Gasteiger partial charge in [0.05, 0.1) is 18.6 Å². The monoisotopic (exact) mass is 422 g/mol. The van der Waals surface area contributed by atoms with Crippen LogP contribution in [-0.2, 0) is 9.59 Å². The molecule has 0 radical (unpaired) electrons. The van der Waals surface area contributed by atoms with Crippen LogP contribution in [0.5, 0.6) is 11.5 Å². The summed E-state index contributed by atoms with van der Waals surface area (Å²) in [7, 11) is 1.57. The molecule has 0 aliphatic carbocycles. The number of hydrogen-bond donors (Lipinski definition) is 0. The van der Waals surface area contributed by atoms with Gasteiger partial charge in [-0.15, -0.1) is 0 Å². The minimum Gasteiger partial charge on any atom is -0.550 e. The molecule has 0 atom stereocenters. The number of amides is 1. The van der Waals surface area contributed by atoms with Crippen molar-refractivity contribution < 1.29 is 24.2 Å². The van der Waals surface area contributed by atoms with Gasteiger partial charge in [-0.05, 0) is 49.0 Å². The molecule has 0 N–H and O–H groups in total. The summed E-state index contributed by atoms with van der Waals surface area (Å²) in [5, 5.41) is 10.5. The number of thiocarbonyl (C=S) groups is 1. The number of ether oxygens (including phenoxy) is 2. The van der Waals surface area contributed by atoms with Crippen molar-refractivity contribution in [3.8, 4) is 11.5 Å². The summed E-state index contributed by atoms with van der Waals surface area (Å²) in [6, 6.07) is 5.49. The Kier molecular flexibility index (Phi) is 8.32. The topological polar surface area (TPSA) is 78.9 Å². The number of nitrogens with zero attached hydrogens (tertiary/aromatic N) is 1. The summed E-state index contributed by atoms with van der Waals surface area (Å²) in [5.74, 6) is 0.462. The average molecular weight is 423 g/mol. The number of methoxy groups -OCH3 is 1. The number of thioether (sulfide) groups is 1. The third-order valence-corrected chi connectivity index (χ3v) is 5.45. The molecular formula is C20H24NO5S2-. The van der Waals surface area contributed by atoms with Gasteiger partial charge in [-0.25, -0.2) is 0 Å². The molecule has 1 aliphatic rings. The minimum atomic E-state index is -1.14. The Morgan fingerprint density at radius 1 is 1.36 bits per heavy atom. The number of carbonyl (C=O) groups excluding carboxylic acids is 2. The molecule has 0 aromatic heterocycles. The summed E-state index contributed by atoms with van der Waals surface area (Å²) >= 11 is 6.45. The molecule has 1 fully saturated rings. The predicted octanol–water partition coefficient (Wildman–Crippen LogP) is 2.85. The molecule has 1 saturated heterocycles. The number of benzene rings is 1. The highest BCUT2D eigenvalue weighted by molar-refractivity contribution is 8.26. The highest BCUT2D eigenvalue weighted by Crippen LogP contribution is 2.35. The third kappa shape index (κ3) is 6.24. The maximum Gasteiger partial charge on any atom is 0.266 e. The largest absolute Gasteiger partial charge is 0.550 e. The number of aliphatic carboxylic acids is 1. The number of carboxylic acids is 1. The predicted molar refractivity (Wildman–Crippen MR) is 112 cm³/mol. The van der Waals surface area contributed by atoms with Gasteiger partial charge in [0.25, 0.3) is 5.91 Å². The second kappa shape index (κ2) is 10.5. The second-order valence-electron chi connectivity index (χ2n) is 6.75. The van der Waals surface area contributed by atoms with E-state index in [2.05, 4.69) is 13.8 Å². The van der Waals surface area contributed by atoms with E-state index in [4.69, 9.17) is 21.7 Å². The van der Waals surface area contributed by atoms with E-state index in [1.807, 2.05) is 18.2 Å². The Morgan fingerprint density at radius 2 is 2.11 bits per heavy atom. The van der Waals surface area contributed by atoms with Gasteiger partial charge in [-0.1, -0.05) is 43.9 Å². The number of carboxylic acid groups (broad SMARTS) is 1. The lowest BCUT2D eigenvalue weighted by Crippen LogP contribution is -2.30. The zero-order valence-electron chi connectivity index (χ0n) is 16.2. The van der Waals surface area contributed by atoms with E-state index < -0.39 is 5.97 Å². The zero-order chi connectivity index (χ0) is 20.7. The van der Waals surface area contributed by atoms with Crippen LogP contribution in [0.25, 0.3) is 6.08 Å². The van der Waals surface area contributed by atoms with Crippen LogP contribution in [0.15, 0.2) is 23.1 Å². The maximum absolute atomic E-state index is 12.6. The van der Waals surface area contributed by atoms with Gasteiger partial charge in [-0.3, -0.25) is 9.69 Å². The van der Waals surface area contributed by atoms with Gasteiger partial charge in [0, 0.05) is 12.5 Å². The van der Waals surface area contributed by atoms with E-state index in [1.165, 1.54) is 16.7 Å². The van der Waals surface area contributed by atoms with Crippen LogP contribution in [0.3, 0.4) is 0 Å². The van der Waals surface area contributed by atoms with E-state index in [1.54, 1.807) is 13.2 Å². The first-order valence-corrected chi connectivity index (χ1v) is 10.3. The molecule has 1 amide bonds. The molecule has 1 heterocycles. The Balaban J connectivity index is 2.08. The fraction of sp³-hybridized carbons (Fsp3) is 0.450. The van der Waals surface area contributed by atoms with Crippen LogP contribution in [-0.4, -0.2) is 41.4 Å². The lowest BCUT2D eigenvalue weighted by atomic mass is 10.1. The fourth-order valence-electron chi connectivity index (χ4n) is 2.52. The van der Waals surface area contributed by atoms with Gasteiger partial charge in [0.1, 0.15) is 4.32 Å². The average Bonchev–Trinajstić information content (AvgIpc) is 2.89. The van der Waals surface area contributed by atoms with Crippen molar-refractivity contribution in [1.82, 2.24) is 4.90 Å². The number of rotatable bonds is 10. The third-order valence-electron chi connectivity index (χ3n) is 4.07. The highest BCUT2D eigenvalue weighted by Gasteiger charge is 2.31. The van der Waals surface area contributed by atoms with Gasteiger partial charge in [0.15, 0.2) is 11.5 Å². The molecule has 0 unspecified atom stereocenters. The van der Waals surface area contributed by atoms with E-state index in [-0.39, 0.29) is 18.9 Å². The van der Waals surface area contributed by atoms with Crippen molar-refractivity contribution in [1.29, 1.82) is 0 Å². The Hall–Kier alpha value is -2.06. The zero-order valence-corrected chi connectivity index (χ0v) is 17.9. The van der Waals surface area contributed by atoms with Crippen LogP contribution in [0.1, 0.15) is 38.7 Å². The van der Waals surface area contributed by atoms with Gasteiger partial charge in [0.2, 0.25) is 0 Å². The first-order valence-electron chi connectivity index (χ1n) is 9.08. The standard InChI is InChI=1S/C20H25NO5S2/c1-13(2)8-10-26-15-7-6-14(11-16(15)25-3)12-17-19(24)21(20(27)28-17)9-4-5-18(22)23/h6-7,11-13H,4-5,8-10H2,1-3H3,(H,22,23)/p-1. The second-order valence-corrected chi connectivity index (χ2v) is 8.43. The van der Waals surface area contributed by atoms with Crippen molar-refractivity contribution in [2.45, 2.75) is 33.1 Å². The van der Waals surface area contributed by atoms with Crippen LogP contribution >= 0.6 is 24.0 Å². The van der Waals surface area contributed by atoms with Crippen LogP contribution < -0.4 is 14.6 Å². The van der Waals surface area contributed by atoms with Crippen LogP contribution in [0, 0.1) is 5.92 Å². The quantitative estimate of drug-likeness (QED) is 0.424. The summed E-state index contributed by atoms with van der Waals surface area (Å²) < 4.78 is 11.6.